The Balaban J connectivity index is 2.05. The maximum Gasteiger partial charge on any atom is 0.224 e. The molecule has 0 radical (unpaired) electrons. The van der Waals surface area contributed by atoms with Crippen LogP contribution in [0.1, 0.15) is 18.9 Å². The number of nitrogen functional groups attached to an aromatic ring is 1. The lowest BCUT2D eigenvalue weighted by molar-refractivity contribution is -0.116. The van der Waals surface area contributed by atoms with Crippen molar-refractivity contribution >= 4 is 23.0 Å². The Morgan fingerprint density at radius 1 is 1.42 bits per heavy atom. The molecule has 19 heavy (non-hydrogen) atoms. The highest BCUT2D eigenvalue weighted by atomic mass is 16.1. The number of hydrogen-bond acceptors (Lipinski definition) is 4. The molecular weight excluding hydrogens is 240 g/mol. The lowest BCUT2D eigenvalue weighted by Crippen LogP contribution is -2.25. The van der Waals surface area contributed by atoms with Crippen molar-refractivity contribution in [3.63, 3.8) is 0 Å². The Morgan fingerprint density at radius 3 is 2.95 bits per heavy atom. The molecular formula is C14H22N4O. The van der Waals surface area contributed by atoms with E-state index in [-0.39, 0.29) is 5.91 Å². The fourth-order valence-corrected chi connectivity index (χ4v) is 2.14. The van der Waals surface area contributed by atoms with E-state index >= 15 is 0 Å². The Bertz CT molecular complexity index is 473. The van der Waals surface area contributed by atoms with Gasteiger partial charge in [0, 0.05) is 25.2 Å². The van der Waals surface area contributed by atoms with Crippen LogP contribution in [0.5, 0.6) is 0 Å². The summed E-state index contributed by atoms with van der Waals surface area (Å²) in [7, 11) is 2.08. The molecule has 0 fully saturated rings. The van der Waals surface area contributed by atoms with Gasteiger partial charge in [0.25, 0.3) is 0 Å². The van der Waals surface area contributed by atoms with Gasteiger partial charge in [0.1, 0.15) is 0 Å². The first-order valence-corrected chi connectivity index (χ1v) is 6.74. The number of nitrogens with two attached hydrogens (primary N) is 1. The topological polar surface area (TPSA) is 70.4 Å². The van der Waals surface area contributed by atoms with Crippen LogP contribution in [0.25, 0.3) is 0 Å². The van der Waals surface area contributed by atoms with E-state index in [0.29, 0.717) is 6.42 Å². The van der Waals surface area contributed by atoms with Crippen molar-refractivity contribution in [1.82, 2.24) is 4.90 Å². The summed E-state index contributed by atoms with van der Waals surface area (Å²) in [5, 5.41) is 6.22. The predicted molar refractivity (Wildman–Crippen MR) is 79.5 cm³/mol. The number of nitrogens with zero attached hydrogens (tertiary/aromatic N) is 1. The number of nitrogens with one attached hydrogen (secondary N) is 2. The summed E-state index contributed by atoms with van der Waals surface area (Å²) in [6.45, 7) is 4.95. The van der Waals surface area contributed by atoms with Crippen LogP contribution < -0.4 is 16.4 Å². The molecule has 0 spiro atoms. The summed E-state index contributed by atoms with van der Waals surface area (Å²) in [4.78, 5) is 13.6. The Kier molecular flexibility index (Phi) is 4.27. The molecule has 1 aromatic rings. The van der Waals surface area contributed by atoms with Crippen molar-refractivity contribution in [2.75, 3.05) is 43.0 Å². The van der Waals surface area contributed by atoms with Crippen LogP contribution in [-0.2, 0) is 11.2 Å². The molecule has 0 aliphatic carbocycles. The number of rotatable bonds is 5. The zero-order valence-corrected chi connectivity index (χ0v) is 11.6. The molecule has 104 valence electrons. The summed E-state index contributed by atoms with van der Waals surface area (Å²) < 4.78 is 0. The van der Waals surface area contributed by atoms with Gasteiger partial charge in [-0.1, -0.05) is 6.92 Å². The molecule has 1 aromatic carbocycles. The van der Waals surface area contributed by atoms with Crippen molar-refractivity contribution in [2.45, 2.75) is 19.8 Å². The molecule has 0 saturated heterocycles. The van der Waals surface area contributed by atoms with Crippen LogP contribution in [-0.4, -0.2) is 37.5 Å². The highest BCUT2D eigenvalue weighted by Crippen LogP contribution is 2.30. The maximum atomic E-state index is 11.4. The quantitative estimate of drug-likeness (QED) is 0.704. The number of carbonyl (C=O) groups is 1. The van der Waals surface area contributed by atoms with Crippen LogP contribution in [0.2, 0.25) is 0 Å². The fraction of sp³-hybridized carbons (Fsp3) is 0.500. The van der Waals surface area contributed by atoms with Gasteiger partial charge < -0.3 is 21.3 Å². The van der Waals surface area contributed by atoms with Crippen LogP contribution in [0.3, 0.4) is 0 Å². The monoisotopic (exact) mass is 262 g/mol. The number of likely N-dealkylation sites (N-methyl/N-ethyl adjacent to an activating group) is 1. The largest absolute Gasteiger partial charge is 0.397 e. The van der Waals surface area contributed by atoms with Crippen LogP contribution >= 0.6 is 0 Å². The van der Waals surface area contributed by atoms with Gasteiger partial charge in [-0.15, -0.1) is 0 Å². The summed E-state index contributed by atoms with van der Waals surface area (Å²) in [5.41, 5.74) is 9.68. The SMILES string of the molecule is CCN(C)CCNc1cc2c(cc1N)CCC(=O)N2. The molecule has 0 unspecified atom stereocenters. The lowest BCUT2D eigenvalue weighted by Gasteiger charge is -2.20. The van der Waals surface area contributed by atoms with Gasteiger partial charge in [0.15, 0.2) is 0 Å². The first-order valence-electron chi connectivity index (χ1n) is 6.74. The molecule has 5 heteroatoms. The Morgan fingerprint density at radius 2 is 2.21 bits per heavy atom. The molecule has 1 amide bonds. The lowest BCUT2D eigenvalue weighted by atomic mass is 10.0. The number of fused-ring (bicyclic) bond motifs is 1. The van der Waals surface area contributed by atoms with Crippen LogP contribution in [0, 0.1) is 0 Å². The third-order valence-corrected chi connectivity index (χ3v) is 3.52. The Labute approximate surface area is 114 Å². The average molecular weight is 262 g/mol. The van der Waals surface area contributed by atoms with E-state index in [1.165, 1.54) is 0 Å². The Hall–Kier alpha value is -1.75. The average Bonchev–Trinajstić information content (AvgIpc) is 2.39. The molecule has 5 nitrogen and oxygen atoms in total. The highest BCUT2D eigenvalue weighted by molar-refractivity contribution is 5.95. The van der Waals surface area contributed by atoms with E-state index in [0.717, 1.165) is 48.7 Å². The number of carbonyl (C=O) groups excluding carboxylic acids is 1. The highest BCUT2D eigenvalue weighted by Gasteiger charge is 2.16. The normalized spacial score (nSPS) is 14.2. The third-order valence-electron chi connectivity index (χ3n) is 3.52. The molecule has 0 saturated carbocycles. The van der Waals surface area contributed by atoms with Crippen molar-refractivity contribution in [3.8, 4) is 0 Å². The molecule has 4 N–H and O–H groups in total. The number of anilines is 3. The molecule has 0 aromatic heterocycles. The molecule has 1 aliphatic heterocycles. The van der Waals surface area contributed by atoms with Crippen molar-refractivity contribution < 1.29 is 4.79 Å². The minimum absolute atomic E-state index is 0.0777. The van der Waals surface area contributed by atoms with Crippen molar-refractivity contribution in [1.29, 1.82) is 0 Å². The van der Waals surface area contributed by atoms with Gasteiger partial charge in [-0.3, -0.25) is 4.79 Å². The molecule has 1 aliphatic rings. The molecule has 2 rings (SSSR count). The van der Waals surface area contributed by atoms with Crippen molar-refractivity contribution in [3.05, 3.63) is 17.7 Å². The zero-order valence-electron chi connectivity index (χ0n) is 11.6. The second-order valence-electron chi connectivity index (χ2n) is 4.97. The van der Waals surface area contributed by atoms with E-state index < -0.39 is 0 Å². The van der Waals surface area contributed by atoms with Gasteiger partial charge in [0.05, 0.1) is 11.4 Å². The number of benzene rings is 1. The molecule has 0 atom stereocenters. The predicted octanol–water partition coefficient (Wildman–Crippen LogP) is 1.52. The van der Waals surface area contributed by atoms with E-state index in [4.69, 9.17) is 5.73 Å². The van der Waals surface area contributed by atoms with E-state index in [9.17, 15) is 4.79 Å². The third kappa shape index (κ3) is 3.38. The smallest absolute Gasteiger partial charge is 0.224 e. The number of amides is 1. The summed E-state index contributed by atoms with van der Waals surface area (Å²) in [6.07, 6.45) is 1.31. The summed E-state index contributed by atoms with van der Waals surface area (Å²) >= 11 is 0. The minimum atomic E-state index is 0.0777. The van der Waals surface area contributed by atoms with E-state index in [1.54, 1.807) is 0 Å². The molecule has 0 bridgehead atoms. The van der Waals surface area contributed by atoms with Gasteiger partial charge >= 0.3 is 0 Å². The fourth-order valence-electron chi connectivity index (χ4n) is 2.14. The van der Waals surface area contributed by atoms with Crippen molar-refractivity contribution in [2.24, 2.45) is 0 Å². The van der Waals surface area contributed by atoms with E-state index in [1.807, 2.05) is 12.1 Å². The number of hydrogen-bond donors (Lipinski definition) is 3. The van der Waals surface area contributed by atoms with Gasteiger partial charge in [-0.25, -0.2) is 0 Å². The van der Waals surface area contributed by atoms with Crippen LogP contribution in [0.15, 0.2) is 12.1 Å². The zero-order chi connectivity index (χ0) is 13.8. The van der Waals surface area contributed by atoms with Gasteiger partial charge in [-0.2, -0.15) is 0 Å². The summed E-state index contributed by atoms with van der Waals surface area (Å²) in [6, 6.07) is 3.90. The molecule has 1 heterocycles. The van der Waals surface area contributed by atoms with E-state index in [2.05, 4.69) is 29.5 Å². The van der Waals surface area contributed by atoms with Gasteiger partial charge in [0.2, 0.25) is 5.91 Å². The minimum Gasteiger partial charge on any atom is -0.397 e. The maximum absolute atomic E-state index is 11.4. The first-order chi connectivity index (χ1) is 9.10. The van der Waals surface area contributed by atoms with Crippen LogP contribution in [0.4, 0.5) is 17.1 Å². The second-order valence-corrected chi connectivity index (χ2v) is 4.97. The van der Waals surface area contributed by atoms with Gasteiger partial charge in [-0.05, 0) is 37.7 Å². The number of aryl methyl sites for hydroxylation is 1. The summed E-state index contributed by atoms with van der Waals surface area (Å²) in [5.74, 6) is 0.0777. The standard InChI is InChI=1S/C14H22N4O/c1-3-18(2)7-6-16-13-9-12-10(8-11(13)15)4-5-14(19)17-12/h8-9,16H,3-7,15H2,1-2H3,(H,17,19). The second kappa shape index (κ2) is 5.93. The first kappa shape index (κ1) is 13.7.